The van der Waals surface area contributed by atoms with Crippen molar-refractivity contribution in [3.8, 4) is 0 Å². The lowest BCUT2D eigenvalue weighted by Crippen LogP contribution is -2.37. The van der Waals surface area contributed by atoms with E-state index < -0.39 is 26.0 Å². The van der Waals surface area contributed by atoms with E-state index in [4.69, 9.17) is 0 Å². The van der Waals surface area contributed by atoms with Gasteiger partial charge in [0.2, 0.25) is 0 Å². The zero-order valence-corrected chi connectivity index (χ0v) is 8.82. The fourth-order valence-corrected chi connectivity index (χ4v) is 1.57. The molecule has 4 nitrogen and oxygen atoms in total. The van der Waals surface area contributed by atoms with Gasteiger partial charge in [-0.3, -0.25) is 4.57 Å². The number of rotatable bonds is 5. The summed E-state index contributed by atoms with van der Waals surface area (Å²) >= 11 is 0. The molecule has 130 valence electrons. The summed E-state index contributed by atoms with van der Waals surface area (Å²) in [4.78, 5) is 0. The number of ether oxygens (including phenoxy) is 1. The number of hydrogen-bond donors (Lipinski definition) is 0. The van der Waals surface area contributed by atoms with Crippen LogP contribution in [-0.2, 0) is 18.3 Å². The summed E-state index contributed by atoms with van der Waals surface area (Å²) in [5.74, 6) is 0. The van der Waals surface area contributed by atoms with Crippen LogP contribution in [0.2, 0.25) is 0 Å². The summed E-state index contributed by atoms with van der Waals surface area (Å²) in [5, 5.41) is 0. The summed E-state index contributed by atoms with van der Waals surface area (Å²) in [6.07, 6.45) is -9.84. The maximum atomic E-state index is 12.9. The van der Waals surface area contributed by atoms with Crippen molar-refractivity contribution in [2.45, 2.75) is 48.1 Å². The van der Waals surface area contributed by atoms with E-state index in [0.29, 0.717) is 14.2 Å². The van der Waals surface area contributed by atoms with Crippen LogP contribution in [0.25, 0.3) is 0 Å². The highest BCUT2D eigenvalue weighted by Crippen LogP contribution is 2.63. The first-order valence-corrected chi connectivity index (χ1v) is 5.02. The predicted octanol–water partition coefficient (Wildman–Crippen LogP) is 5.44. The molecule has 0 saturated carbocycles. The molecule has 1 unspecified atom stereocenters. The Morgan fingerprint density at radius 3 is 1.40 bits per heavy atom. The molecular weight excluding hydrogens is 317 g/mol. The van der Waals surface area contributed by atoms with Crippen molar-refractivity contribution in [3.63, 3.8) is 0 Å². The molecule has 0 rings (SSSR count). The number of halogens is 6. The Bertz CT molecular complexity index is 276. The number of alkyl halides is 6. The van der Waals surface area contributed by atoms with Gasteiger partial charge >= 0.3 is 19.6 Å². The third-order valence-electron chi connectivity index (χ3n) is 1.36. The van der Waals surface area contributed by atoms with Gasteiger partial charge in [0.25, 0.3) is 6.36 Å². The molecule has 0 aliphatic carbocycles. The molecule has 0 saturated heterocycles. The van der Waals surface area contributed by atoms with Crippen LogP contribution >= 0.6 is 7.60 Å². The van der Waals surface area contributed by atoms with Crippen molar-refractivity contribution in [1.82, 2.24) is 0 Å². The first-order valence-electron chi connectivity index (χ1n) is 3.48. The van der Waals surface area contributed by atoms with Crippen LogP contribution in [0.4, 0.5) is 26.3 Å². The molecule has 0 radical (unpaired) electrons. The Morgan fingerprint density at radius 2 is 1.20 bits per heavy atom. The van der Waals surface area contributed by atoms with Gasteiger partial charge in [0.05, 0.1) is 0 Å². The van der Waals surface area contributed by atoms with Gasteiger partial charge in [-0.1, -0.05) is 29.7 Å². The molecule has 0 aliphatic heterocycles. The standard InChI is InChI=1S/C5H7F6O4P.4CH4/c1-13-16(12,14-2)4(7,8)3(6)15-5(9,10)11;;;;/h3H,1-2H3;4*1H4. The van der Waals surface area contributed by atoms with Gasteiger partial charge < -0.3 is 9.05 Å². The second-order valence-electron chi connectivity index (χ2n) is 2.33. The van der Waals surface area contributed by atoms with E-state index in [2.05, 4.69) is 13.8 Å². The van der Waals surface area contributed by atoms with Crippen LogP contribution < -0.4 is 0 Å². The average Bonchev–Trinajstić information content (AvgIpc) is 2.13. The third kappa shape index (κ3) is 7.47. The van der Waals surface area contributed by atoms with Gasteiger partial charge in [0.15, 0.2) is 0 Å². The Hall–Kier alpha value is -0.310. The van der Waals surface area contributed by atoms with Crippen LogP contribution in [0.15, 0.2) is 0 Å². The maximum Gasteiger partial charge on any atom is 0.525 e. The SMILES string of the molecule is C.C.C.C.COP(=O)(OC)C(F)(F)C(F)OC(F)(F)F. The van der Waals surface area contributed by atoms with Crippen LogP contribution in [-0.4, -0.2) is 32.6 Å². The first-order chi connectivity index (χ1) is 7.00. The molecule has 1 atom stereocenters. The quantitative estimate of drug-likeness (QED) is 0.494. The Labute approximate surface area is 115 Å². The summed E-state index contributed by atoms with van der Waals surface area (Å²) in [6, 6.07) is 0. The van der Waals surface area contributed by atoms with Crippen molar-refractivity contribution in [2.75, 3.05) is 14.2 Å². The van der Waals surface area contributed by atoms with Crippen molar-refractivity contribution >= 4 is 7.60 Å². The number of hydrogen-bond acceptors (Lipinski definition) is 4. The minimum atomic E-state index is -5.64. The summed E-state index contributed by atoms with van der Waals surface area (Å²) < 4.78 is 93.5. The van der Waals surface area contributed by atoms with E-state index in [-0.39, 0.29) is 29.7 Å². The highest BCUT2D eigenvalue weighted by atomic mass is 31.2. The highest BCUT2D eigenvalue weighted by molar-refractivity contribution is 7.55. The Balaban J connectivity index is -0.000000187. The van der Waals surface area contributed by atoms with Crippen molar-refractivity contribution < 1.29 is 44.7 Å². The van der Waals surface area contributed by atoms with Gasteiger partial charge in [-0.05, 0) is 0 Å². The highest BCUT2D eigenvalue weighted by Gasteiger charge is 2.62. The molecule has 0 aromatic rings. The van der Waals surface area contributed by atoms with Gasteiger partial charge in [-0.15, -0.1) is 13.2 Å². The summed E-state index contributed by atoms with van der Waals surface area (Å²) in [6.45, 7) is 0. The molecule has 0 N–H and O–H groups in total. The van der Waals surface area contributed by atoms with Gasteiger partial charge in [0, 0.05) is 14.2 Å². The van der Waals surface area contributed by atoms with E-state index in [1.165, 1.54) is 0 Å². The minimum Gasteiger partial charge on any atom is -0.308 e. The molecule has 0 fully saturated rings. The molecule has 0 amide bonds. The molecule has 0 heterocycles. The van der Waals surface area contributed by atoms with Crippen molar-refractivity contribution in [2.24, 2.45) is 0 Å². The van der Waals surface area contributed by atoms with Crippen molar-refractivity contribution in [1.29, 1.82) is 0 Å². The zero-order valence-electron chi connectivity index (χ0n) is 7.93. The van der Waals surface area contributed by atoms with E-state index in [1.807, 2.05) is 0 Å². The second-order valence-corrected chi connectivity index (χ2v) is 4.65. The largest absolute Gasteiger partial charge is 0.525 e. The van der Waals surface area contributed by atoms with E-state index >= 15 is 0 Å². The van der Waals surface area contributed by atoms with Crippen LogP contribution in [0.3, 0.4) is 0 Å². The maximum absolute atomic E-state index is 12.9. The zero-order chi connectivity index (χ0) is 13.2. The molecule has 0 aromatic carbocycles. The molecule has 20 heavy (non-hydrogen) atoms. The molecule has 0 spiro atoms. The van der Waals surface area contributed by atoms with Gasteiger partial charge in [-0.25, -0.2) is 9.13 Å². The van der Waals surface area contributed by atoms with E-state index in [9.17, 15) is 30.9 Å². The normalized spacial score (nSPS) is 13.0. The van der Waals surface area contributed by atoms with Gasteiger partial charge in [-0.2, -0.15) is 8.78 Å². The molecule has 0 aromatic heterocycles. The van der Waals surface area contributed by atoms with E-state index in [1.54, 1.807) is 0 Å². The Kier molecular flexibility index (Phi) is 16.6. The molecule has 11 heteroatoms. The monoisotopic (exact) mass is 340 g/mol. The van der Waals surface area contributed by atoms with Crippen LogP contribution in [0, 0.1) is 0 Å². The second kappa shape index (κ2) is 10.4. The fourth-order valence-electron chi connectivity index (χ4n) is 0.630. The van der Waals surface area contributed by atoms with Crippen LogP contribution in [0.5, 0.6) is 0 Å². The fraction of sp³-hybridized carbons (Fsp3) is 1.00. The average molecular weight is 340 g/mol. The van der Waals surface area contributed by atoms with Crippen LogP contribution in [0.1, 0.15) is 29.7 Å². The van der Waals surface area contributed by atoms with Gasteiger partial charge in [0.1, 0.15) is 0 Å². The lowest BCUT2D eigenvalue weighted by molar-refractivity contribution is -0.379. The smallest absolute Gasteiger partial charge is 0.308 e. The molecular formula is C9H23F6O4P. The molecule has 0 bridgehead atoms. The lowest BCUT2D eigenvalue weighted by atomic mass is 10.7. The summed E-state index contributed by atoms with van der Waals surface area (Å²) in [7, 11) is -4.42. The minimum absolute atomic E-state index is 0. The third-order valence-corrected chi connectivity index (χ3v) is 3.25. The topological polar surface area (TPSA) is 44.8 Å². The predicted molar refractivity (Wildman–Crippen MR) is 65.5 cm³/mol. The molecule has 0 aliphatic rings. The van der Waals surface area contributed by atoms with Crippen molar-refractivity contribution in [3.05, 3.63) is 0 Å². The summed E-state index contributed by atoms with van der Waals surface area (Å²) in [5.41, 5.74) is -5.08. The lowest BCUT2D eigenvalue weighted by Gasteiger charge is -2.26. The first kappa shape index (κ1) is 31.9. The van der Waals surface area contributed by atoms with E-state index in [0.717, 1.165) is 0 Å². The Morgan fingerprint density at radius 1 is 0.900 bits per heavy atom.